The molecule has 0 saturated heterocycles. The second kappa shape index (κ2) is 8.54. The molecule has 0 amide bonds. The Morgan fingerprint density at radius 3 is 2.72 bits per heavy atom. The van der Waals surface area contributed by atoms with Crippen molar-refractivity contribution in [3.8, 4) is 5.75 Å². The predicted octanol–water partition coefficient (Wildman–Crippen LogP) is 4.03. The molecule has 0 atom stereocenters. The number of hydrogen-bond donors (Lipinski definition) is 1. The Morgan fingerprint density at radius 2 is 2.06 bits per heavy atom. The highest BCUT2D eigenvalue weighted by atomic mass is 79.9. The monoisotopic (exact) mass is 313 g/mol. The smallest absolute Gasteiger partial charge is 0.122 e. The van der Waals surface area contributed by atoms with Crippen LogP contribution >= 0.6 is 15.9 Å². The summed E-state index contributed by atoms with van der Waals surface area (Å²) in [4.78, 5) is 0. The summed E-state index contributed by atoms with van der Waals surface area (Å²) in [6.45, 7) is 6.69. The number of benzene rings is 1. The van der Waals surface area contributed by atoms with E-state index in [0.717, 1.165) is 35.7 Å². The van der Waals surface area contributed by atoms with Gasteiger partial charge in [0, 0.05) is 4.47 Å². The lowest BCUT2D eigenvalue weighted by Crippen LogP contribution is -2.20. The molecule has 2 nitrogen and oxygen atoms in total. The zero-order valence-electron chi connectivity index (χ0n) is 11.6. The van der Waals surface area contributed by atoms with Gasteiger partial charge in [-0.25, -0.2) is 0 Å². The van der Waals surface area contributed by atoms with E-state index in [1.807, 2.05) is 12.1 Å². The normalized spacial score (nSPS) is 10.9. The average Bonchev–Trinajstić information content (AvgIpc) is 2.33. The van der Waals surface area contributed by atoms with Crippen LogP contribution in [0.4, 0.5) is 0 Å². The second-order valence-corrected chi connectivity index (χ2v) is 5.93. The van der Waals surface area contributed by atoms with E-state index in [-0.39, 0.29) is 0 Å². The van der Waals surface area contributed by atoms with Gasteiger partial charge < -0.3 is 10.1 Å². The topological polar surface area (TPSA) is 21.3 Å². The standard InChI is InChI=1S/C15H24BrNO/c1-12(2)11-17-9-5-4-6-13-10-14(16)7-8-15(13)18-3/h7-8,10,12,17H,4-6,9,11H2,1-3H3. The van der Waals surface area contributed by atoms with Gasteiger partial charge in [0.1, 0.15) is 5.75 Å². The van der Waals surface area contributed by atoms with E-state index >= 15 is 0 Å². The fraction of sp³-hybridized carbons (Fsp3) is 0.600. The maximum Gasteiger partial charge on any atom is 0.122 e. The van der Waals surface area contributed by atoms with Crippen LogP contribution in [0.1, 0.15) is 32.3 Å². The molecule has 102 valence electrons. The number of nitrogens with one attached hydrogen (secondary N) is 1. The molecular weight excluding hydrogens is 290 g/mol. The third kappa shape index (κ3) is 5.87. The van der Waals surface area contributed by atoms with Crippen molar-refractivity contribution in [3.63, 3.8) is 0 Å². The Labute approximate surface area is 119 Å². The molecule has 0 saturated carbocycles. The van der Waals surface area contributed by atoms with Crippen molar-refractivity contribution < 1.29 is 4.74 Å². The molecule has 0 aliphatic heterocycles. The predicted molar refractivity (Wildman–Crippen MR) is 81.3 cm³/mol. The molecular formula is C15H24BrNO. The Kier molecular flexibility index (Phi) is 7.36. The largest absolute Gasteiger partial charge is 0.496 e. The van der Waals surface area contributed by atoms with Crippen LogP contribution in [0.25, 0.3) is 0 Å². The van der Waals surface area contributed by atoms with Gasteiger partial charge in [0.25, 0.3) is 0 Å². The van der Waals surface area contributed by atoms with Crippen LogP contribution in [-0.4, -0.2) is 20.2 Å². The molecule has 0 aliphatic rings. The maximum atomic E-state index is 5.37. The Morgan fingerprint density at radius 1 is 1.28 bits per heavy atom. The van der Waals surface area contributed by atoms with Gasteiger partial charge in [-0.1, -0.05) is 29.8 Å². The molecule has 0 heterocycles. The molecule has 1 rings (SSSR count). The molecule has 1 N–H and O–H groups in total. The van der Waals surface area contributed by atoms with Gasteiger partial charge in [-0.15, -0.1) is 0 Å². The van der Waals surface area contributed by atoms with Crippen LogP contribution < -0.4 is 10.1 Å². The molecule has 0 radical (unpaired) electrons. The zero-order valence-corrected chi connectivity index (χ0v) is 13.2. The summed E-state index contributed by atoms with van der Waals surface area (Å²) in [5, 5.41) is 3.47. The maximum absolute atomic E-state index is 5.37. The van der Waals surface area contributed by atoms with Gasteiger partial charge in [0.2, 0.25) is 0 Å². The van der Waals surface area contributed by atoms with Crippen LogP contribution in [0.15, 0.2) is 22.7 Å². The molecule has 0 aromatic heterocycles. The van der Waals surface area contributed by atoms with E-state index in [9.17, 15) is 0 Å². The summed E-state index contributed by atoms with van der Waals surface area (Å²) >= 11 is 3.51. The van der Waals surface area contributed by atoms with Crippen LogP contribution in [0.5, 0.6) is 5.75 Å². The third-order valence-electron chi connectivity index (χ3n) is 2.84. The molecule has 0 bridgehead atoms. The van der Waals surface area contributed by atoms with Crippen LogP contribution in [-0.2, 0) is 6.42 Å². The van der Waals surface area contributed by atoms with Crippen molar-refractivity contribution in [2.24, 2.45) is 5.92 Å². The molecule has 18 heavy (non-hydrogen) atoms. The zero-order chi connectivity index (χ0) is 13.4. The number of unbranched alkanes of at least 4 members (excludes halogenated alkanes) is 1. The van der Waals surface area contributed by atoms with Gasteiger partial charge in [-0.2, -0.15) is 0 Å². The summed E-state index contributed by atoms with van der Waals surface area (Å²) in [7, 11) is 1.73. The van der Waals surface area contributed by atoms with Crippen molar-refractivity contribution in [2.45, 2.75) is 33.1 Å². The molecule has 1 aromatic carbocycles. The first-order valence-corrected chi connectivity index (χ1v) is 7.46. The number of rotatable bonds is 8. The van der Waals surface area contributed by atoms with Crippen molar-refractivity contribution >= 4 is 15.9 Å². The highest BCUT2D eigenvalue weighted by Gasteiger charge is 2.03. The van der Waals surface area contributed by atoms with Gasteiger partial charge >= 0.3 is 0 Å². The van der Waals surface area contributed by atoms with Gasteiger partial charge in [-0.3, -0.25) is 0 Å². The third-order valence-corrected chi connectivity index (χ3v) is 3.34. The number of halogens is 1. The van der Waals surface area contributed by atoms with E-state index in [1.54, 1.807) is 7.11 Å². The van der Waals surface area contributed by atoms with Crippen molar-refractivity contribution in [1.29, 1.82) is 0 Å². The first-order valence-electron chi connectivity index (χ1n) is 6.66. The second-order valence-electron chi connectivity index (χ2n) is 5.01. The quantitative estimate of drug-likeness (QED) is 0.732. The number of methoxy groups -OCH3 is 1. The fourth-order valence-corrected chi connectivity index (χ4v) is 2.31. The molecule has 0 aliphatic carbocycles. The highest BCUT2D eigenvalue weighted by molar-refractivity contribution is 9.10. The Balaban J connectivity index is 2.28. The minimum absolute atomic E-state index is 0.732. The van der Waals surface area contributed by atoms with E-state index in [1.165, 1.54) is 18.4 Å². The van der Waals surface area contributed by atoms with E-state index < -0.39 is 0 Å². The number of hydrogen-bond acceptors (Lipinski definition) is 2. The molecule has 3 heteroatoms. The lowest BCUT2D eigenvalue weighted by molar-refractivity contribution is 0.408. The van der Waals surface area contributed by atoms with Crippen LogP contribution in [0.3, 0.4) is 0 Å². The summed E-state index contributed by atoms with van der Waals surface area (Å²) in [5.74, 6) is 1.73. The Hall–Kier alpha value is -0.540. The number of aryl methyl sites for hydroxylation is 1. The van der Waals surface area contributed by atoms with Gasteiger partial charge in [0.05, 0.1) is 7.11 Å². The summed E-state index contributed by atoms with van der Waals surface area (Å²) in [6.07, 6.45) is 3.48. The fourth-order valence-electron chi connectivity index (χ4n) is 1.90. The molecule has 0 spiro atoms. The van der Waals surface area contributed by atoms with Crippen molar-refractivity contribution in [2.75, 3.05) is 20.2 Å². The molecule has 0 unspecified atom stereocenters. The number of ether oxygens (including phenoxy) is 1. The first-order chi connectivity index (χ1) is 8.63. The molecule has 0 fully saturated rings. The minimum Gasteiger partial charge on any atom is -0.496 e. The summed E-state index contributed by atoms with van der Waals surface area (Å²) < 4.78 is 6.50. The first kappa shape index (κ1) is 15.5. The molecule has 1 aromatic rings. The SMILES string of the molecule is COc1ccc(Br)cc1CCCCNCC(C)C. The average molecular weight is 314 g/mol. The van der Waals surface area contributed by atoms with Gasteiger partial charge in [0.15, 0.2) is 0 Å². The summed E-state index contributed by atoms with van der Waals surface area (Å²) in [6, 6.07) is 6.20. The van der Waals surface area contributed by atoms with Gasteiger partial charge in [-0.05, 0) is 62.0 Å². The lowest BCUT2D eigenvalue weighted by atomic mass is 10.1. The van der Waals surface area contributed by atoms with E-state index in [2.05, 4.69) is 41.2 Å². The van der Waals surface area contributed by atoms with Crippen LogP contribution in [0, 0.1) is 5.92 Å². The van der Waals surface area contributed by atoms with E-state index in [0.29, 0.717) is 0 Å². The van der Waals surface area contributed by atoms with Crippen molar-refractivity contribution in [3.05, 3.63) is 28.2 Å². The van der Waals surface area contributed by atoms with Crippen LogP contribution in [0.2, 0.25) is 0 Å². The minimum atomic E-state index is 0.732. The highest BCUT2D eigenvalue weighted by Crippen LogP contribution is 2.24. The Bertz CT molecular complexity index is 352. The summed E-state index contributed by atoms with van der Waals surface area (Å²) in [5.41, 5.74) is 1.29. The van der Waals surface area contributed by atoms with E-state index in [4.69, 9.17) is 4.74 Å². The van der Waals surface area contributed by atoms with Crippen molar-refractivity contribution in [1.82, 2.24) is 5.32 Å². The lowest BCUT2D eigenvalue weighted by Gasteiger charge is -2.10.